The quantitative estimate of drug-likeness (QED) is 0.276. The van der Waals surface area contributed by atoms with Crippen molar-refractivity contribution in [3.8, 4) is 28.2 Å². The second-order valence-electron chi connectivity index (χ2n) is 8.04. The Labute approximate surface area is 217 Å². The van der Waals surface area contributed by atoms with E-state index < -0.39 is 15.9 Å². The minimum atomic E-state index is -4.37. The van der Waals surface area contributed by atoms with Crippen molar-refractivity contribution in [1.82, 2.24) is 14.5 Å². The lowest BCUT2D eigenvalue weighted by atomic mass is 10.1. The summed E-state index contributed by atoms with van der Waals surface area (Å²) in [6, 6.07) is 28.9. The highest BCUT2D eigenvalue weighted by molar-refractivity contribution is 7.90. The first kappa shape index (κ1) is 24.0. The molecule has 0 aliphatic heterocycles. The monoisotopic (exact) mass is 533 g/mol. The maximum Gasteiger partial charge on any atom is 0.275 e. The smallest absolute Gasteiger partial charge is 0.267 e. The summed E-state index contributed by atoms with van der Waals surface area (Å²) in [4.78, 5) is 13.0. The van der Waals surface area contributed by atoms with Crippen molar-refractivity contribution in [3.05, 3.63) is 112 Å². The van der Waals surface area contributed by atoms with Crippen LogP contribution in [0.1, 0.15) is 15.2 Å². The van der Waals surface area contributed by atoms with E-state index in [0.717, 1.165) is 16.9 Å². The maximum absolute atomic E-state index is 13.9. The van der Waals surface area contributed by atoms with E-state index in [9.17, 15) is 13.2 Å². The van der Waals surface area contributed by atoms with E-state index in [1.54, 1.807) is 22.9 Å². The second kappa shape index (κ2) is 9.73. The van der Waals surface area contributed by atoms with E-state index in [-0.39, 0.29) is 15.5 Å². The SMILES string of the molecule is Cc1ccc(-c2c(S(=O)(=O)NC(=O)c3ccc(Cl)s3)c(-c3ccccc3)nn2-c2ccccc2)cc1. The van der Waals surface area contributed by atoms with Gasteiger partial charge in [-0.3, -0.25) is 4.79 Å². The van der Waals surface area contributed by atoms with Crippen LogP contribution in [0.25, 0.3) is 28.2 Å². The molecule has 0 bridgehead atoms. The Kier molecular flexibility index (Phi) is 6.49. The average molecular weight is 534 g/mol. The molecule has 0 radical (unpaired) electrons. The first-order valence-electron chi connectivity index (χ1n) is 11.0. The molecule has 5 aromatic rings. The molecular formula is C27H20ClN3O3S2. The molecule has 3 aromatic carbocycles. The van der Waals surface area contributed by atoms with Gasteiger partial charge in [0.05, 0.1) is 20.6 Å². The van der Waals surface area contributed by atoms with Crippen LogP contribution >= 0.6 is 22.9 Å². The van der Waals surface area contributed by atoms with E-state index in [1.165, 1.54) is 6.07 Å². The normalized spacial score (nSPS) is 11.4. The topological polar surface area (TPSA) is 81.1 Å². The minimum Gasteiger partial charge on any atom is -0.267 e. The number of sulfonamides is 1. The van der Waals surface area contributed by atoms with E-state index in [1.807, 2.05) is 79.7 Å². The average Bonchev–Trinajstić information content (AvgIpc) is 3.50. The number of aromatic nitrogens is 2. The summed E-state index contributed by atoms with van der Waals surface area (Å²) in [7, 11) is -4.37. The number of nitrogens with zero attached hydrogens (tertiary/aromatic N) is 2. The number of benzene rings is 3. The predicted octanol–water partition coefficient (Wildman–Crippen LogP) is 6.35. The van der Waals surface area contributed by atoms with Crippen LogP contribution in [0, 0.1) is 6.92 Å². The Morgan fingerprint density at radius 3 is 2.11 bits per heavy atom. The zero-order valence-corrected chi connectivity index (χ0v) is 21.4. The van der Waals surface area contributed by atoms with Crippen molar-refractivity contribution in [2.45, 2.75) is 11.8 Å². The van der Waals surface area contributed by atoms with Crippen LogP contribution in [0.4, 0.5) is 0 Å². The largest absolute Gasteiger partial charge is 0.275 e. The van der Waals surface area contributed by atoms with Crippen LogP contribution in [0.5, 0.6) is 0 Å². The third-order valence-electron chi connectivity index (χ3n) is 5.51. The highest BCUT2D eigenvalue weighted by Gasteiger charge is 2.33. The fourth-order valence-electron chi connectivity index (χ4n) is 3.82. The third kappa shape index (κ3) is 4.70. The van der Waals surface area contributed by atoms with Gasteiger partial charge in [-0.05, 0) is 31.2 Å². The van der Waals surface area contributed by atoms with Gasteiger partial charge in [0.25, 0.3) is 15.9 Å². The number of hydrogen-bond donors (Lipinski definition) is 1. The number of hydrogen-bond acceptors (Lipinski definition) is 5. The lowest BCUT2D eigenvalue weighted by Crippen LogP contribution is -2.30. The fourth-order valence-corrected chi connectivity index (χ4v) is 6.15. The second-order valence-corrected chi connectivity index (χ2v) is 11.4. The molecule has 9 heteroatoms. The molecule has 36 heavy (non-hydrogen) atoms. The number of carbonyl (C=O) groups excluding carboxylic acids is 1. The van der Waals surface area contributed by atoms with Crippen molar-refractivity contribution in [1.29, 1.82) is 0 Å². The first-order chi connectivity index (χ1) is 17.3. The molecule has 5 rings (SSSR count). The highest BCUT2D eigenvalue weighted by atomic mass is 35.5. The van der Waals surface area contributed by atoms with Crippen LogP contribution in [-0.4, -0.2) is 24.1 Å². The van der Waals surface area contributed by atoms with E-state index >= 15 is 0 Å². The molecule has 0 fully saturated rings. The Bertz CT molecular complexity index is 1640. The standard InChI is InChI=1S/C27H20ClN3O3S2/c1-18-12-14-20(15-13-18)25-26(36(33,34)30-27(32)22-16-17-23(28)35-22)24(19-8-4-2-5-9-19)29-31(25)21-10-6-3-7-11-21/h2-17H,1H3,(H,30,32). The van der Waals surface area contributed by atoms with Gasteiger partial charge >= 0.3 is 0 Å². The molecule has 6 nitrogen and oxygen atoms in total. The Morgan fingerprint density at radius 1 is 0.861 bits per heavy atom. The summed E-state index contributed by atoms with van der Waals surface area (Å²) >= 11 is 6.97. The van der Waals surface area contributed by atoms with Crippen LogP contribution in [-0.2, 0) is 10.0 Å². The van der Waals surface area contributed by atoms with Crippen molar-refractivity contribution in [2.24, 2.45) is 0 Å². The number of nitrogens with one attached hydrogen (secondary N) is 1. The number of para-hydroxylation sites is 1. The molecule has 0 spiro atoms. The van der Waals surface area contributed by atoms with Gasteiger partial charge in [0.2, 0.25) is 0 Å². The molecule has 0 saturated heterocycles. The van der Waals surface area contributed by atoms with Crippen LogP contribution in [0.15, 0.2) is 102 Å². The van der Waals surface area contributed by atoms with E-state index in [4.69, 9.17) is 16.7 Å². The van der Waals surface area contributed by atoms with Crippen molar-refractivity contribution in [3.63, 3.8) is 0 Å². The molecule has 0 atom stereocenters. The van der Waals surface area contributed by atoms with Crippen molar-refractivity contribution in [2.75, 3.05) is 0 Å². The number of halogens is 1. The lowest BCUT2D eigenvalue weighted by molar-refractivity contribution is 0.0985. The molecule has 0 saturated carbocycles. The number of aryl methyl sites for hydroxylation is 1. The third-order valence-corrected chi connectivity index (χ3v) is 8.12. The zero-order chi connectivity index (χ0) is 25.3. The van der Waals surface area contributed by atoms with Crippen molar-refractivity contribution < 1.29 is 13.2 Å². The molecule has 2 heterocycles. The molecule has 1 amide bonds. The van der Waals surface area contributed by atoms with Gasteiger partial charge in [-0.2, -0.15) is 5.10 Å². The van der Waals surface area contributed by atoms with Crippen molar-refractivity contribution >= 4 is 38.9 Å². The van der Waals surface area contributed by atoms with E-state index in [2.05, 4.69) is 4.72 Å². The summed E-state index contributed by atoms with van der Waals surface area (Å²) in [5.41, 5.74) is 3.55. The highest BCUT2D eigenvalue weighted by Crippen LogP contribution is 2.38. The fraction of sp³-hybridized carbons (Fsp3) is 0.0370. The van der Waals surface area contributed by atoms with Gasteiger partial charge in [0.15, 0.2) is 0 Å². The summed E-state index contributed by atoms with van der Waals surface area (Å²) in [6.45, 7) is 1.96. The Hall–Kier alpha value is -3.72. The summed E-state index contributed by atoms with van der Waals surface area (Å²) in [6.07, 6.45) is 0. The van der Waals surface area contributed by atoms with Gasteiger partial charge in [0.1, 0.15) is 10.6 Å². The molecule has 2 aromatic heterocycles. The molecular weight excluding hydrogens is 514 g/mol. The maximum atomic E-state index is 13.9. The lowest BCUT2D eigenvalue weighted by Gasteiger charge is -2.12. The number of amides is 1. The summed E-state index contributed by atoms with van der Waals surface area (Å²) in [5, 5.41) is 4.77. The minimum absolute atomic E-state index is 0.0857. The number of thiophene rings is 1. The number of rotatable bonds is 6. The van der Waals surface area contributed by atoms with Crippen LogP contribution < -0.4 is 4.72 Å². The van der Waals surface area contributed by atoms with Crippen LogP contribution in [0.2, 0.25) is 4.34 Å². The van der Waals surface area contributed by atoms with Gasteiger partial charge in [-0.1, -0.05) is 90.0 Å². The molecule has 1 N–H and O–H groups in total. The van der Waals surface area contributed by atoms with E-state index in [0.29, 0.717) is 26.8 Å². The Balaban J connectivity index is 1.78. The van der Waals surface area contributed by atoms with Crippen LogP contribution in [0.3, 0.4) is 0 Å². The predicted molar refractivity (Wildman–Crippen MR) is 143 cm³/mol. The molecule has 180 valence electrons. The molecule has 0 aliphatic carbocycles. The molecule has 0 aliphatic rings. The van der Waals surface area contributed by atoms with Gasteiger partial charge < -0.3 is 0 Å². The van der Waals surface area contributed by atoms with Gasteiger partial charge in [-0.15, -0.1) is 11.3 Å². The van der Waals surface area contributed by atoms with Gasteiger partial charge in [-0.25, -0.2) is 17.8 Å². The summed E-state index contributed by atoms with van der Waals surface area (Å²) < 4.78 is 32.0. The zero-order valence-electron chi connectivity index (χ0n) is 19.1. The number of carbonyl (C=O) groups is 1. The van der Waals surface area contributed by atoms with Gasteiger partial charge in [0, 0.05) is 11.1 Å². The first-order valence-corrected chi connectivity index (χ1v) is 13.6. The Morgan fingerprint density at radius 2 is 1.50 bits per heavy atom. The summed E-state index contributed by atoms with van der Waals surface area (Å²) in [5.74, 6) is -0.756. The molecule has 0 unspecified atom stereocenters.